The summed E-state index contributed by atoms with van der Waals surface area (Å²) in [7, 11) is 0. The zero-order valence-electron chi connectivity index (χ0n) is 12.8. The lowest BCUT2D eigenvalue weighted by molar-refractivity contribution is 0.396. The lowest BCUT2D eigenvalue weighted by Gasteiger charge is -2.26. The van der Waals surface area contributed by atoms with Crippen LogP contribution in [0.15, 0.2) is 6.20 Å². The third kappa shape index (κ3) is 4.00. The predicted molar refractivity (Wildman–Crippen MR) is 79.2 cm³/mol. The first-order valence-electron chi connectivity index (χ1n) is 7.57. The largest absolute Gasteiger partial charge is 0.310 e. The van der Waals surface area contributed by atoms with Gasteiger partial charge in [0.1, 0.15) is 5.82 Å². The molecule has 106 valence electrons. The quantitative estimate of drug-likeness (QED) is 0.902. The number of fused-ring (bicyclic) bond motifs is 1. The summed E-state index contributed by atoms with van der Waals surface area (Å²) in [4.78, 5) is 9.39. The summed E-state index contributed by atoms with van der Waals surface area (Å²) in [5, 5.41) is 3.62. The number of nitrogens with zero attached hydrogens (tertiary/aromatic N) is 2. The molecule has 0 amide bonds. The molecule has 1 atom stereocenters. The molecule has 3 nitrogen and oxygen atoms in total. The molecule has 0 bridgehead atoms. The van der Waals surface area contributed by atoms with Crippen molar-refractivity contribution in [3.63, 3.8) is 0 Å². The Morgan fingerprint density at radius 3 is 2.84 bits per heavy atom. The van der Waals surface area contributed by atoms with Crippen LogP contribution in [-0.2, 0) is 12.8 Å². The molecule has 1 aliphatic carbocycles. The van der Waals surface area contributed by atoms with E-state index in [1.165, 1.54) is 30.5 Å². The Morgan fingerprint density at radius 2 is 2.16 bits per heavy atom. The molecular weight excluding hydrogens is 234 g/mol. The first-order valence-corrected chi connectivity index (χ1v) is 7.57. The van der Waals surface area contributed by atoms with Gasteiger partial charge in [-0.2, -0.15) is 0 Å². The van der Waals surface area contributed by atoms with Gasteiger partial charge in [-0.1, -0.05) is 27.7 Å². The Hall–Kier alpha value is -0.960. The molecule has 0 saturated heterocycles. The fraction of sp³-hybridized carbons (Fsp3) is 0.750. The number of rotatable bonds is 4. The van der Waals surface area contributed by atoms with Gasteiger partial charge >= 0.3 is 0 Å². The van der Waals surface area contributed by atoms with E-state index in [1.807, 2.05) is 0 Å². The molecule has 2 rings (SSSR count). The second-order valence-corrected chi connectivity index (χ2v) is 6.82. The Morgan fingerprint density at radius 1 is 1.37 bits per heavy atom. The van der Waals surface area contributed by atoms with Crippen molar-refractivity contribution in [2.45, 2.75) is 65.8 Å². The van der Waals surface area contributed by atoms with Crippen LogP contribution in [0.25, 0.3) is 0 Å². The van der Waals surface area contributed by atoms with Crippen LogP contribution >= 0.6 is 0 Å². The van der Waals surface area contributed by atoms with Crippen LogP contribution in [0.3, 0.4) is 0 Å². The molecule has 3 heteroatoms. The highest BCUT2D eigenvalue weighted by Crippen LogP contribution is 2.28. The smallest absolute Gasteiger partial charge is 0.129 e. The highest BCUT2D eigenvalue weighted by atomic mass is 14.9. The number of nitrogens with one attached hydrogen (secondary N) is 1. The van der Waals surface area contributed by atoms with Crippen LogP contribution in [0.1, 0.15) is 70.1 Å². The number of aromatic nitrogens is 2. The molecule has 0 fully saturated rings. The molecule has 1 heterocycles. The zero-order chi connectivity index (χ0) is 13.9. The Balaban J connectivity index is 2.16. The number of hydrogen-bond donors (Lipinski definition) is 1. The van der Waals surface area contributed by atoms with E-state index in [9.17, 15) is 0 Å². The third-order valence-electron chi connectivity index (χ3n) is 3.56. The lowest BCUT2D eigenvalue weighted by atomic mass is 9.90. The predicted octanol–water partition coefficient (Wildman–Crippen LogP) is 3.44. The monoisotopic (exact) mass is 261 g/mol. The molecule has 19 heavy (non-hydrogen) atoms. The van der Waals surface area contributed by atoms with Crippen molar-refractivity contribution in [2.75, 3.05) is 6.54 Å². The van der Waals surface area contributed by atoms with E-state index >= 15 is 0 Å². The molecule has 0 aromatic carbocycles. The summed E-state index contributed by atoms with van der Waals surface area (Å²) in [6.45, 7) is 10.00. The Bertz CT molecular complexity index is 420. The molecular formula is C16H27N3. The van der Waals surface area contributed by atoms with Gasteiger partial charge in [0.2, 0.25) is 0 Å². The Kier molecular flexibility index (Phi) is 4.56. The van der Waals surface area contributed by atoms with Crippen LogP contribution in [0.2, 0.25) is 0 Å². The van der Waals surface area contributed by atoms with E-state index in [0.717, 1.165) is 25.2 Å². The number of aryl methyl sites for hydroxylation is 1. The second kappa shape index (κ2) is 6.00. The van der Waals surface area contributed by atoms with Crippen LogP contribution < -0.4 is 5.32 Å². The standard InChI is InChI=1S/C16H27N3/c1-5-9-17-13-7-6-8-14-12(13)11-18-15(19-14)10-16(2,3)4/h11,13,17H,5-10H2,1-4H3. The maximum atomic E-state index is 4.81. The normalized spacial score (nSPS) is 19.3. The van der Waals surface area contributed by atoms with E-state index in [4.69, 9.17) is 4.98 Å². The molecule has 1 aliphatic rings. The molecule has 0 spiro atoms. The fourth-order valence-electron chi connectivity index (χ4n) is 2.68. The summed E-state index contributed by atoms with van der Waals surface area (Å²) < 4.78 is 0. The maximum Gasteiger partial charge on any atom is 0.129 e. The summed E-state index contributed by atoms with van der Waals surface area (Å²) in [6, 6.07) is 0.465. The first-order chi connectivity index (χ1) is 8.99. The average molecular weight is 261 g/mol. The maximum absolute atomic E-state index is 4.81. The van der Waals surface area contributed by atoms with Gasteiger partial charge in [0.25, 0.3) is 0 Å². The van der Waals surface area contributed by atoms with Crippen molar-refractivity contribution in [3.8, 4) is 0 Å². The number of hydrogen-bond acceptors (Lipinski definition) is 3. The fourth-order valence-corrected chi connectivity index (χ4v) is 2.68. The van der Waals surface area contributed by atoms with Gasteiger partial charge in [-0.25, -0.2) is 9.97 Å². The molecule has 0 saturated carbocycles. The van der Waals surface area contributed by atoms with Gasteiger partial charge in [0.15, 0.2) is 0 Å². The van der Waals surface area contributed by atoms with Gasteiger partial charge < -0.3 is 5.32 Å². The van der Waals surface area contributed by atoms with Crippen molar-refractivity contribution in [2.24, 2.45) is 5.41 Å². The second-order valence-electron chi connectivity index (χ2n) is 6.82. The third-order valence-corrected chi connectivity index (χ3v) is 3.56. The first kappa shape index (κ1) is 14.4. The molecule has 0 aliphatic heterocycles. The summed E-state index contributed by atoms with van der Waals surface area (Å²) in [5.74, 6) is 1.00. The highest BCUT2D eigenvalue weighted by Gasteiger charge is 2.22. The van der Waals surface area contributed by atoms with Gasteiger partial charge in [0, 0.05) is 29.9 Å². The van der Waals surface area contributed by atoms with Crippen molar-refractivity contribution < 1.29 is 0 Å². The topological polar surface area (TPSA) is 37.8 Å². The minimum absolute atomic E-state index is 0.253. The lowest BCUT2D eigenvalue weighted by Crippen LogP contribution is -2.27. The average Bonchev–Trinajstić information content (AvgIpc) is 2.34. The van der Waals surface area contributed by atoms with Gasteiger partial charge in [-0.3, -0.25) is 0 Å². The van der Waals surface area contributed by atoms with Crippen molar-refractivity contribution in [1.29, 1.82) is 0 Å². The molecule has 0 radical (unpaired) electrons. The van der Waals surface area contributed by atoms with Crippen LogP contribution in [0.4, 0.5) is 0 Å². The Labute approximate surface area is 117 Å². The van der Waals surface area contributed by atoms with Crippen molar-refractivity contribution in [3.05, 3.63) is 23.3 Å². The van der Waals surface area contributed by atoms with Gasteiger partial charge in [-0.15, -0.1) is 0 Å². The summed E-state index contributed by atoms with van der Waals surface area (Å²) >= 11 is 0. The van der Waals surface area contributed by atoms with Gasteiger partial charge in [-0.05, 0) is 37.6 Å². The summed E-state index contributed by atoms with van der Waals surface area (Å²) in [6.07, 6.45) is 7.76. The van der Waals surface area contributed by atoms with Crippen LogP contribution in [0, 0.1) is 5.41 Å². The van der Waals surface area contributed by atoms with Crippen LogP contribution in [-0.4, -0.2) is 16.5 Å². The van der Waals surface area contributed by atoms with E-state index in [2.05, 4.69) is 44.2 Å². The van der Waals surface area contributed by atoms with Crippen molar-refractivity contribution >= 4 is 0 Å². The molecule has 1 aromatic heterocycles. The SMILES string of the molecule is CCCNC1CCCc2nc(CC(C)(C)C)ncc21. The van der Waals surface area contributed by atoms with Crippen LogP contribution in [0.5, 0.6) is 0 Å². The van der Waals surface area contributed by atoms with E-state index in [0.29, 0.717) is 6.04 Å². The molecule has 1 aromatic rings. The van der Waals surface area contributed by atoms with Crippen molar-refractivity contribution in [1.82, 2.24) is 15.3 Å². The molecule has 1 unspecified atom stereocenters. The van der Waals surface area contributed by atoms with Gasteiger partial charge in [0.05, 0.1) is 0 Å². The van der Waals surface area contributed by atoms with E-state index in [-0.39, 0.29) is 5.41 Å². The summed E-state index contributed by atoms with van der Waals surface area (Å²) in [5.41, 5.74) is 2.86. The zero-order valence-corrected chi connectivity index (χ0v) is 12.8. The van der Waals surface area contributed by atoms with E-state index < -0.39 is 0 Å². The minimum Gasteiger partial charge on any atom is -0.310 e. The minimum atomic E-state index is 0.253. The highest BCUT2D eigenvalue weighted by molar-refractivity contribution is 5.24. The van der Waals surface area contributed by atoms with E-state index in [1.54, 1.807) is 0 Å². The molecule has 1 N–H and O–H groups in total.